The molecule has 1 aliphatic carbocycles. The van der Waals surface area contributed by atoms with Gasteiger partial charge in [0, 0.05) is 13.0 Å². The summed E-state index contributed by atoms with van der Waals surface area (Å²) in [6.45, 7) is 7.71. The van der Waals surface area contributed by atoms with Crippen LogP contribution in [-0.2, 0) is 4.74 Å². The molecule has 0 aromatic carbocycles. The Kier molecular flexibility index (Phi) is 2.85. The van der Waals surface area contributed by atoms with E-state index in [0.29, 0.717) is 5.41 Å². The molecule has 15 heavy (non-hydrogen) atoms. The highest BCUT2D eigenvalue weighted by molar-refractivity contribution is 4.97. The molecular weight excluding hydrogens is 188 g/mol. The fourth-order valence-electron chi connectivity index (χ4n) is 3.93. The minimum Gasteiger partial charge on any atom is -0.393 e. The molecule has 0 bridgehead atoms. The van der Waals surface area contributed by atoms with E-state index in [9.17, 15) is 5.11 Å². The van der Waals surface area contributed by atoms with Gasteiger partial charge in [0.2, 0.25) is 0 Å². The van der Waals surface area contributed by atoms with Crippen molar-refractivity contribution < 1.29 is 9.84 Å². The van der Waals surface area contributed by atoms with Crippen LogP contribution in [0.4, 0.5) is 0 Å². The normalized spacial score (nSPS) is 45.6. The van der Waals surface area contributed by atoms with Gasteiger partial charge < -0.3 is 9.84 Å². The molecule has 0 aromatic heterocycles. The topological polar surface area (TPSA) is 29.5 Å². The monoisotopic (exact) mass is 212 g/mol. The van der Waals surface area contributed by atoms with Crippen LogP contribution in [0.15, 0.2) is 0 Å². The van der Waals surface area contributed by atoms with Crippen LogP contribution >= 0.6 is 0 Å². The minimum absolute atomic E-state index is 0.0150. The van der Waals surface area contributed by atoms with Gasteiger partial charge in [-0.2, -0.15) is 0 Å². The largest absolute Gasteiger partial charge is 0.393 e. The first-order chi connectivity index (χ1) is 6.91. The molecular formula is C13H24O2. The van der Waals surface area contributed by atoms with E-state index in [0.717, 1.165) is 38.2 Å². The molecule has 0 amide bonds. The van der Waals surface area contributed by atoms with E-state index in [2.05, 4.69) is 20.8 Å². The third-order valence-electron chi connectivity index (χ3n) is 3.89. The van der Waals surface area contributed by atoms with Gasteiger partial charge in [-0.15, -0.1) is 0 Å². The number of hydrogen-bond donors (Lipinski definition) is 1. The maximum Gasteiger partial charge on any atom is 0.0714 e. The van der Waals surface area contributed by atoms with Gasteiger partial charge in [-0.3, -0.25) is 0 Å². The van der Waals surface area contributed by atoms with Gasteiger partial charge >= 0.3 is 0 Å². The highest BCUT2D eigenvalue weighted by Gasteiger charge is 2.46. The summed E-state index contributed by atoms with van der Waals surface area (Å²) >= 11 is 0. The highest BCUT2D eigenvalue weighted by Crippen LogP contribution is 2.48. The molecule has 2 fully saturated rings. The molecule has 1 heterocycles. The Labute approximate surface area is 93.0 Å². The van der Waals surface area contributed by atoms with Crippen LogP contribution < -0.4 is 0 Å². The zero-order valence-electron chi connectivity index (χ0n) is 10.3. The van der Waals surface area contributed by atoms with Crippen LogP contribution in [0, 0.1) is 11.3 Å². The van der Waals surface area contributed by atoms with Gasteiger partial charge in [0.1, 0.15) is 0 Å². The quantitative estimate of drug-likeness (QED) is 0.669. The second-order valence-corrected chi connectivity index (χ2v) is 6.53. The predicted molar refractivity (Wildman–Crippen MR) is 60.7 cm³/mol. The Balaban J connectivity index is 2.12. The summed E-state index contributed by atoms with van der Waals surface area (Å²) in [6, 6.07) is 0. The summed E-state index contributed by atoms with van der Waals surface area (Å²) in [5.74, 6) is 0.721. The lowest BCUT2D eigenvalue weighted by atomic mass is 9.63. The van der Waals surface area contributed by atoms with E-state index < -0.39 is 0 Å². The van der Waals surface area contributed by atoms with Crippen molar-refractivity contribution in [3.05, 3.63) is 0 Å². The van der Waals surface area contributed by atoms with Gasteiger partial charge in [-0.05, 0) is 37.0 Å². The molecule has 1 saturated carbocycles. The van der Waals surface area contributed by atoms with Crippen molar-refractivity contribution in [2.45, 2.75) is 64.6 Å². The molecule has 2 nitrogen and oxygen atoms in total. The first-order valence-corrected chi connectivity index (χ1v) is 6.23. The zero-order chi connectivity index (χ0) is 11.1. The van der Waals surface area contributed by atoms with Crippen molar-refractivity contribution in [2.75, 3.05) is 6.61 Å². The Morgan fingerprint density at radius 1 is 1.20 bits per heavy atom. The number of hydrogen-bond acceptors (Lipinski definition) is 2. The number of rotatable bonds is 0. The summed E-state index contributed by atoms with van der Waals surface area (Å²) in [7, 11) is 0. The van der Waals surface area contributed by atoms with Crippen LogP contribution in [0.2, 0.25) is 0 Å². The van der Waals surface area contributed by atoms with Crippen molar-refractivity contribution in [3.63, 3.8) is 0 Å². The molecule has 1 spiro atoms. The molecule has 1 N–H and O–H groups in total. The molecule has 0 aromatic rings. The van der Waals surface area contributed by atoms with Gasteiger partial charge in [-0.25, -0.2) is 0 Å². The third-order valence-corrected chi connectivity index (χ3v) is 3.89. The van der Waals surface area contributed by atoms with E-state index in [-0.39, 0.29) is 11.7 Å². The van der Waals surface area contributed by atoms with E-state index in [1.165, 1.54) is 6.42 Å². The smallest absolute Gasteiger partial charge is 0.0714 e. The number of aliphatic hydroxyl groups is 1. The SMILES string of the molecule is CC1CC(C)(C)CC2(C1)CC(O)CCO2. The lowest BCUT2D eigenvalue weighted by Gasteiger charge is -2.50. The third kappa shape index (κ3) is 2.54. The molecule has 88 valence electrons. The lowest BCUT2D eigenvalue weighted by Crippen LogP contribution is -2.49. The zero-order valence-corrected chi connectivity index (χ0v) is 10.3. The Morgan fingerprint density at radius 3 is 2.53 bits per heavy atom. The Hall–Kier alpha value is -0.0800. The van der Waals surface area contributed by atoms with Gasteiger partial charge in [0.15, 0.2) is 0 Å². The van der Waals surface area contributed by atoms with Crippen molar-refractivity contribution in [1.82, 2.24) is 0 Å². The molecule has 0 radical (unpaired) electrons. The van der Waals surface area contributed by atoms with Crippen molar-refractivity contribution >= 4 is 0 Å². The summed E-state index contributed by atoms with van der Waals surface area (Å²) < 4.78 is 6.02. The predicted octanol–water partition coefficient (Wildman–Crippen LogP) is 2.74. The second kappa shape index (κ2) is 3.74. The van der Waals surface area contributed by atoms with Crippen LogP contribution in [-0.4, -0.2) is 23.4 Å². The average Bonchev–Trinajstić information content (AvgIpc) is 1.97. The minimum atomic E-state index is -0.139. The fourth-order valence-corrected chi connectivity index (χ4v) is 3.93. The molecule has 1 saturated heterocycles. The van der Waals surface area contributed by atoms with Crippen molar-refractivity contribution in [1.29, 1.82) is 0 Å². The van der Waals surface area contributed by atoms with E-state index >= 15 is 0 Å². The summed E-state index contributed by atoms with van der Waals surface area (Å²) in [4.78, 5) is 0. The average molecular weight is 212 g/mol. The second-order valence-electron chi connectivity index (χ2n) is 6.53. The van der Waals surface area contributed by atoms with Crippen LogP contribution in [0.1, 0.15) is 52.9 Å². The highest BCUT2D eigenvalue weighted by atomic mass is 16.5. The molecule has 2 rings (SSSR count). The fraction of sp³-hybridized carbons (Fsp3) is 1.00. The van der Waals surface area contributed by atoms with E-state index in [1.807, 2.05) is 0 Å². The van der Waals surface area contributed by atoms with Gasteiger partial charge in [-0.1, -0.05) is 20.8 Å². The van der Waals surface area contributed by atoms with E-state index in [4.69, 9.17) is 4.74 Å². The maximum atomic E-state index is 9.80. The summed E-state index contributed by atoms with van der Waals surface area (Å²) in [5.41, 5.74) is 0.355. The molecule has 2 aliphatic rings. The molecule has 2 heteroatoms. The first-order valence-electron chi connectivity index (χ1n) is 6.23. The molecule has 3 atom stereocenters. The Bertz CT molecular complexity index is 233. The maximum absolute atomic E-state index is 9.80. The van der Waals surface area contributed by atoms with E-state index in [1.54, 1.807) is 0 Å². The van der Waals surface area contributed by atoms with Gasteiger partial charge in [0.05, 0.1) is 11.7 Å². The first kappa shape index (κ1) is 11.4. The standard InChI is InChI=1S/C13H24O2/c1-10-6-12(2,3)9-13(7-10)8-11(14)4-5-15-13/h10-11,14H,4-9H2,1-3H3. The van der Waals surface area contributed by atoms with Crippen molar-refractivity contribution in [2.24, 2.45) is 11.3 Å². The molecule has 3 unspecified atom stereocenters. The van der Waals surface area contributed by atoms with Crippen molar-refractivity contribution in [3.8, 4) is 0 Å². The number of ether oxygens (including phenoxy) is 1. The van der Waals surface area contributed by atoms with Gasteiger partial charge in [0.25, 0.3) is 0 Å². The number of aliphatic hydroxyl groups excluding tert-OH is 1. The summed E-state index contributed by atoms with van der Waals surface area (Å²) in [5, 5.41) is 9.80. The summed E-state index contributed by atoms with van der Waals surface area (Å²) in [6.07, 6.45) is 5.06. The van der Waals surface area contributed by atoms with Crippen LogP contribution in [0.5, 0.6) is 0 Å². The lowest BCUT2D eigenvalue weighted by molar-refractivity contribution is -0.162. The van der Waals surface area contributed by atoms with Crippen LogP contribution in [0.25, 0.3) is 0 Å². The molecule has 1 aliphatic heterocycles. The Morgan fingerprint density at radius 2 is 1.93 bits per heavy atom. The van der Waals surface area contributed by atoms with Crippen LogP contribution in [0.3, 0.4) is 0 Å².